The Bertz CT molecular complexity index is 1600. The first-order valence-corrected chi connectivity index (χ1v) is 15.5. The molecule has 0 bridgehead atoms. The Kier molecular flexibility index (Phi) is 10.9. The molecule has 4 aromatic rings. The first kappa shape index (κ1) is 32.5. The van der Waals surface area contributed by atoms with Crippen molar-refractivity contribution in [3.8, 4) is 23.0 Å². The first-order chi connectivity index (χ1) is 22.4. The molecule has 0 spiro atoms. The second-order valence-electron chi connectivity index (χ2n) is 11.0. The van der Waals surface area contributed by atoms with E-state index in [1.54, 1.807) is 31.5 Å². The van der Waals surface area contributed by atoms with Gasteiger partial charge in [-0.05, 0) is 63.2 Å². The highest BCUT2D eigenvalue weighted by Gasteiger charge is 2.26. The van der Waals surface area contributed by atoms with Crippen molar-refractivity contribution in [3.05, 3.63) is 84.1 Å². The Hall–Kier alpha value is -4.87. The van der Waals surface area contributed by atoms with Gasteiger partial charge in [0.25, 0.3) is 0 Å². The highest BCUT2D eigenvalue weighted by molar-refractivity contribution is 5.98. The van der Waals surface area contributed by atoms with Crippen molar-refractivity contribution in [2.75, 3.05) is 70.3 Å². The van der Waals surface area contributed by atoms with Crippen LogP contribution in [0.4, 0.5) is 27.9 Å². The zero-order valence-corrected chi connectivity index (χ0v) is 27.2. The van der Waals surface area contributed by atoms with Gasteiger partial charge in [0.1, 0.15) is 23.9 Å². The first-order valence-electron chi connectivity index (χ1n) is 15.5. The van der Waals surface area contributed by atoms with Crippen LogP contribution >= 0.6 is 0 Å². The van der Waals surface area contributed by atoms with Crippen molar-refractivity contribution < 1.29 is 23.7 Å². The van der Waals surface area contributed by atoms with E-state index in [1.165, 1.54) is 4.90 Å². The van der Waals surface area contributed by atoms with E-state index in [-0.39, 0.29) is 5.95 Å². The van der Waals surface area contributed by atoms with Crippen LogP contribution in [0.3, 0.4) is 0 Å². The number of hydrogen-bond acceptors (Lipinski definition) is 10. The number of piperazine rings is 1. The lowest BCUT2D eigenvalue weighted by molar-refractivity contribution is 0.133. The van der Waals surface area contributed by atoms with Gasteiger partial charge in [-0.2, -0.15) is 4.98 Å². The van der Waals surface area contributed by atoms with Gasteiger partial charge in [0.15, 0.2) is 11.5 Å². The molecule has 1 aromatic heterocycles. The van der Waals surface area contributed by atoms with Crippen molar-refractivity contribution in [2.24, 2.45) is 0 Å². The van der Waals surface area contributed by atoms with Crippen LogP contribution in [0.5, 0.6) is 23.0 Å². The summed E-state index contributed by atoms with van der Waals surface area (Å²) in [7, 11) is 3.76. The van der Waals surface area contributed by atoms with Crippen LogP contribution in [-0.4, -0.2) is 86.0 Å². The zero-order chi connectivity index (χ0) is 32.5. The quantitative estimate of drug-likeness (QED) is 0.195. The van der Waals surface area contributed by atoms with Gasteiger partial charge in [0, 0.05) is 56.7 Å². The number of anilines is 4. The third kappa shape index (κ3) is 8.04. The van der Waals surface area contributed by atoms with Gasteiger partial charge in [-0.1, -0.05) is 30.3 Å². The second-order valence-corrected chi connectivity index (χ2v) is 11.0. The summed E-state index contributed by atoms with van der Waals surface area (Å²) in [6.07, 6.45) is 0.953. The number of ether oxygens (including phenoxy) is 4. The molecule has 0 saturated carbocycles. The number of nitrogens with zero attached hydrogens (tertiary/aromatic N) is 5. The predicted octanol–water partition coefficient (Wildman–Crippen LogP) is 6.21. The maximum atomic E-state index is 13.9. The summed E-state index contributed by atoms with van der Waals surface area (Å²) >= 11 is 0. The van der Waals surface area contributed by atoms with Gasteiger partial charge in [-0.15, -0.1) is 0 Å². The Balaban J connectivity index is 1.36. The number of carbonyl (C=O) groups excluding carboxylic acids is 1. The Morgan fingerprint density at radius 1 is 0.913 bits per heavy atom. The standard InChI is InChI=1S/C35H42N6O5/c1-6-44-29-13-8-7-12-28(29)41(35(42)46-33-25(2)10-9-11-26(33)3)32-16-17-36-34(38-32)37-27-14-15-30(31(24-27)43-5)45-23-22-40-20-18-39(4)19-21-40/h7-17,24H,6,18-23H2,1-5H3,(H,36,37,38). The Morgan fingerprint density at radius 3 is 2.41 bits per heavy atom. The van der Waals surface area contributed by atoms with Crippen molar-refractivity contribution in [2.45, 2.75) is 20.8 Å². The minimum atomic E-state index is -0.631. The summed E-state index contributed by atoms with van der Waals surface area (Å²) < 4.78 is 23.6. The van der Waals surface area contributed by atoms with Gasteiger partial charge in [-0.3, -0.25) is 4.90 Å². The molecule has 11 nitrogen and oxygen atoms in total. The van der Waals surface area contributed by atoms with Crippen LogP contribution in [0.15, 0.2) is 72.9 Å². The summed E-state index contributed by atoms with van der Waals surface area (Å²) in [5.74, 6) is 2.84. The van der Waals surface area contributed by atoms with Crippen LogP contribution in [0.2, 0.25) is 0 Å². The van der Waals surface area contributed by atoms with Crippen LogP contribution in [0, 0.1) is 13.8 Å². The molecule has 46 heavy (non-hydrogen) atoms. The Morgan fingerprint density at radius 2 is 1.67 bits per heavy atom. The average molecular weight is 627 g/mol. The normalized spacial score (nSPS) is 13.6. The molecule has 0 unspecified atom stereocenters. The van der Waals surface area contributed by atoms with Gasteiger partial charge < -0.3 is 29.2 Å². The molecule has 0 radical (unpaired) electrons. The number of methoxy groups -OCH3 is 1. The summed E-state index contributed by atoms with van der Waals surface area (Å²) in [6.45, 7) is 11.7. The third-order valence-corrected chi connectivity index (χ3v) is 7.74. The topological polar surface area (TPSA) is 102 Å². The van der Waals surface area contributed by atoms with Gasteiger partial charge in [0.05, 0.1) is 19.4 Å². The number of nitrogens with one attached hydrogen (secondary N) is 1. The maximum absolute atomic E-state index is 13.9. The molecule has 1 aliphatic rings. The van der Waals surface area contributed by atoms with Gasteiger partial charge in [0.2, 0.25) is 5.95 Å². The fraction of sp³-hybridized carbons (Fsp3) is 0.343. The number of carbonyl (C=O) groups is 1. The minimum Gasteiger partial charge on any atom is -0.493 e. The van der Waals surface area contributed by atoms with E-state index in [9.17, 15) is 4.79 Å². The largest absolute Gasteiger partial charge is 0.493 e. The monoisotopic (exact) mass is 626 g/mol. The number of likely N-dealkylation sites (N-methyl/N-ethyl adjacent to an activating group) is 1. The summed E-state index contributed by atoms with van der Waals surface area (Å²) in [5, 5.41) is 3.23. The number of rotatable bonds is 12. The molecule has 1 saturated heterocycles. The third-order valence-electron chi connectivity index (χ3n) is 7.74. The molecule has 1 fully saturated rings. The van der Waals surface area contributed by atoms with Crippen LogP contribution in [0.25, 0.3) is 0 Å². The summed E-state index contributed by atoms with van der Waals surface area (Å²) in [4.78, 5) is 29.1. The molecule has 0 atom stereocenters. The Labute approximate surface area is 270 Å². The van der Waals surface area contributed by atoms with E-state index in [4.69, 9.17) is 23.9 Å². The SMILES string of the molecule is CCOc1ccccc1N(C(=O)Oc1c(C)cccc1C)c1ccnc(Nc2ccc(OCCN3CCN(C)CC3)c(OC)c2)n1. The lowest BCUT2D eigenvalue weighted by Crippen LogP contribution is -2.45. The van der Waals surface area contributed by atoms with Gasteiger partial charge in [-0.25, -0.2) is 14.7 Å². The highest BCUT2D eigenvalue weighted by Crippen LogP contribution is 2.36. The zero-order valence-electron chi connectivity index (χ0n) is 27.2. The highest BCUT2D eigenvalue weighted by atomic mass is 16.6. The summed E-state index contributed by atoms with van der Waals surface area (Å²) in [6, 6.07) is 20.2. The van der Waals surface area contributed by atoms with Gasteiger partial charge >= 0.3 is 6.09 Å². The van der Waals surface area contributed by atoms with E-state index < -0.39 is 6.09 Å². The second kappa shape index (κ2) is 15.4. The number of hydrogen-bond donors (Lipinski definition) is 1. The van der Waals surface area contributed by atoms with E-state index in [2.05, 4.69) is 27.1 Å². The fourth-order valence-corrected chi connectivity index (χ4v) is 5.21. The molecule has 5 rings (SSSR count). The average Bonchev–Trinajstić information content (AvgIpc) is 3.05. The molecule has 0 aliphatic carbocycles. The van der Waals surface area contributed by atoms with E-state index in [0.717, 1.165) is 43.9 Å². The summed E-state index contributed by atoms with van der Waals surface area (Å²) in [5.41, 5.74) is 2.87. The van der Waals surface area contributed by atoms with Crippen molar-refractivity contribution in [1.82, 2.24) is 19.8 Å². The molecule has 11 heteroatoms. The molecular formula is C35H42N6O5. The minimum absolute atomic E-state index is 0.280. The number of para-hydroxylation sites is 3. The molecule has 2 heterocycles. The maximum Gasteiger partial charge on any atom is 0.425 e. The number of amides is 1. The van der Waals surface area contributed by atoms with E-state index >= 15 is 0 Å². The fourth-order valence-electron chi connectivity index (χ4n) is 5.21. The van der Waals surface area contributed by atoms with E-state index in [1.807, 2.05) is 69.3 Å². The molecule has 3 aromatic carbocycles. The molecule has 1 amide bonds. The predicted molar refractivity (Wildman–Crippen MR) is 179 cm³/mol. The van der Waals surface area contributed by atoms with Crippen LogP contribution < -0.4 is 29.2 Å². The van der Waals surface area contributed by atoms with Crippen molar-refractivity contribution in [1.29, 1.82) is 0 Å². The lowest BCUT2D eigenvalue weighted by Gasteiger charge is -2.32. The van der Waals surface area contributed by atoms with Crippen LogP contribution in [-0.2, 0) is 0 Å². The molecule has 1 aliphatic heterocycles. The lowest BCUT2D eigenvalue weighted by atomic mass is 10.1. The molecular weight excluding hydrogens is 584 g/mol. The van der Waals surface area contributed by atoms with E-state index in [0.29, 0.717) is 53.4 Å². The number of aromatic nitrogens is 2. The smallest absolute Gasteiger partial charge is 0.425 e. The van der Waals surface area contributed by atoms with Crippen molar-refractivity contribution in [3.63, 3.8) is 0 Å². The number of aryl methyl sites for hydroxylation is 2. The van der Waals surface area contributed by atoms with Crippen molar-refractivity contribution >= 4 is 29.2 Å². The van der Waals surface area contributed by atoms with Crippen LogP contribution in [0.1, 0.15) is 18.1 Å². The molecule has 242 valence electrons. The number of benzene rings is 3. The molecule has 1 N–H and O–H groups in total.